The van der Waals surface area contributed by atoms with Crippen LogP contribution >= 0.6 is 11.6 Å². The van der Waals surface area contributed by atoms with E-state index in [2.05, 4.69) is 14.9 Å². The third-order valence-corrected chi connectivity index (χ3v) is 4.13. The van der Waals surface area contributed by atoms with Crippen LogP contribution in [0.15, 0.2) is 24.4 Å². The molecule has 1 amide bonds. The Morgan fingerprint density at radius 2 is 2.24 bits per heavy atom. The van der Waals surface area contributed by atoms with Gasteiger partial charge < -0.3 is 9.88 Å². The van der Waals surface area contributed by atoms with Crippen molar-refractivity contribution in [2.75, 3.05) is 0 Å². The maximum absolute atomic E-state index is 12.3. The summed E-state index contributed by atoms with van der Waals surface area (Å²) in [6, 6.07) is 5.62. The van der Waals surface area contributed by atoms with Crippen LogP contribution in [-0.2, 0) is 13.0 Å². The van der Waals surface area contributed by atoms with Gasteiger partial charge in [0.25, 0.3) is 5.91 Å². The Morgan fingerprint density at radius 3 is 3.00 bits per heavy atom. The Bertz CT molecular complexity index is 693. The molecule has 4 nitrogen and oxygen atoms in total. The van der Waals surface area contributed by atoms with Crippen molar-refractivity contribution in [2.24, 2.45) is 0 Å². The van der Waals surface area contributed by atoms with Crippen LogP contribution in [0.5, 0.6) is 0 Å². The van der Waals surface area contributed by atoms with Crippen LogP contribution in [-0.4, -0.2) is 21.5 Å². The molecular weight excluding hydrogens is 286 g/mol. The van der Waals surface area contributed by atoms with Gasteiger partial charge in [0.1, 0.15) is 5.82 Å². The number of carbonyl (C=O) groups excluding carboxylic acids is 1. The largest absolute Gasteiger partial charge is 0.347 e. The molecule has 0 unspecified atom stereocenters. The maximum Gasteiger partial charge on any atom is 0.253 e. The maximum atomic E-state index is 12.3. The summed E-state index contributed by atoms with van der Waals surface area (Å²) in [5.41, 5.74) is 2.61. The topological polar surface area (TPSA) is 46.9 Å². The van der Waals surface area contributed by atoms with Gasteiger partial charge in [0.2, 0.25) is 0 Å². The molecular formula is C16H18ClN3O. The number of nitrogens with one attached hydrogen (secondary N) is 1. The minimum Gasteiger partial charge on any atom is -0.347 e. The molecule has 0 saturated heterocycles. The molecule has 110 valence electrons. The fourth-order valence-electron chi connectivity index (χ4n) is 2.77. The van der Waals surface area contributed by atoms with Crippen LogP contribution in [0.25, 0.3) is 0 Å². The minimum absolute atomic E-state index is 0.106. The third-order valence-electron chi connectivity index (χ3n) is 3.82. The summed E-state index contributed by atoms with van der Waals surface area (Å²) in [5, 5.41) is 3.58. The van der Waals surface area contributed by atoms with Crippen LogP contribution in [0, 0.1) is 13.8 Å². The molecule has 0 spiro atoms. The Balaban J connectivity index is 1.71. The van der Waals surface area contributed by atoms with Crippen LogP contribution in [0.3, 0.4) is 0 Å². The van der Waals surface area contributed by atoms with Gasteiger partial charge in [-0.3, -0.25) is 4.79 Å². The van der Waals surface area contributed by atoms with Crippen molar-refractivity contribution in [3.8, 4) is 0 Å². The fourth-order valence-corrected chi connectivity index (χ4v) is 3.09. The molecule has 0 bridgehead atoms. The summed E-state index contributed by atoms with van der Waals surface area (Å²) in [6.07, 6.45) is 3.83. The molecule has 1 aliphatic heterocycles. The van der Waals surface area contributed by atoms with Gasteiger partial charge in [-0.1, -0.05) is 17.7 Å². The van der Waals surface area contributed by atoms with E-state index in [1.807, 2.05) is 32.2 Å². The van der Waals surface area contributed by atoms with Crippen LogP contribution in [0.1, 0.15) is 33.9 Å². The molecule has 0 radical (unpaired) electrons. The molecule has 0 saturated carbocycles. The second-order valence-corrected chi connectivity index (χ2v) is 6.05. The molecule has 21 heavy (non-hydrogen) atoms. The smallest absolute Gasteiger partial charge is 0.253 e. The summed E-state index contributed by atoms with van der Waals surface area (Å²) in [5.74, 6) is 0.997. The molecule has 0 aliphatic carbocycles. The molecule has 3 rings (SSSR count). The number of aromatic nitrogens is 2. The molecule has 5 heteroatoms. The van der Waals surface area contributed by atoms with Crippen molar-refractivity contribution in [1.82, 2.24) is 14.9 Å². The lowest BCUT2D eigenvalue weighted by atomic mass is 10.1. The number of hydrogen-bond donors (Lipinski definition) is 1. The van der Waals surface area contributed by atoms with Crippen LogP contribution < -0.4 is 5.32 Å². The van der Waals surface area contributed by atoms with Crippen molar-refractivity contribution >= 4 is 17.5 Å². The highest BCUT2D eigenvalue weighted by atomic mass is 35.5. The second-order valence-electron chi connectivity index (χ2n) is 5.64. The first-order valence-corrected chi connectivity index (χ1v) is 7.50. The molecule has 1 aromatic heterocycles. The van der Waals surface area contributed by atoms with Crippen LogP contribution in [0.2, 0.25) is 5.02 Å². The van der Waals surface area contributed by atoms with E-state index in [1.54, 1.807) is 6.07 Å². The lowest BCUT2D eigenvalue weighted by molar-refractivity contribution is 0.0927. The number of fused-ring (bicyclic) bond motifs is 1. The van der Waals surface area contributed by atoms with Crippen LogP contribution in [0.4, 0.5) is 0 Å². The number of rotatable bonds is 2. The van der Waals surface area contributed by atoms with E-state index in [-0.39, 0.29) is 11.9 Å². The summed E-state index contributed by atoms with van der Waals surface area (Å²) in [4.78, 5) is 16.8. The van der Waals surface area contributed by atoms with Gasteiger partial charge in [0.15, 0.2) is 0 Å². The van der Waals surface area contributed by atoms with E-state index in [4.69, 9.17) is 11.6 Å². The number of amides is 1. The number of nitrogens with zero attached hydrogens (tertiary/aromatic N) is 2. The molecule has 2 heterocycles. The zero-order chi connectivity index (χ0) is 15.0. The number of imidazole rings is 1. The quantitative estimate of drug-likeness (QED) is 0.927. The van der Waals surface area contributed by atoms with E-state index in [0.29, 0.717) is 10.6 Å². The normalized spacial score (nSPS) is 17.4. The van der Waals surface area contributed by atoms with Crippen molar-refractivity contribution < 1.29 is 4.79 Å². The summed E-state index contributed by atoms with van der Waals surface area (Å²) in [6.45, 7) is 4.72. The van der Waals surface area contributed by atoms with Crippen molar-refractivity contribution in [3.05, 3.63) is 52.1 Å². The molecule has 1 aliphatic rings. The summed E-state index contributed by atoms with van der Waals surface area (Å²) in [7, 11) is 0. The predicted molar refractivity (Wildman–Crippen MR) is 82.7 cm³/mol. The highest BCUT2D eigenvalue weighted by Crippen LogP contribution is 2.19. The third kappa shape index (κ3) is 2.95. The van der Waals surface area contributed by atoms with E-state index in [0.717, 1.165) is 36.5 Å². The van der Waals surface area contributed by atoms with Gasteiger partial charge in [0, 0.05) is 25.2 Å². The number of hydrogen-bond acceptors (Lipinski definition) is 2. The zero-order valence-corrected chi connectivity index (χ0v) is 12.9. The first-order chi connectivity index (χ1) is 10.0. The first kappa shape index (κ1) is 14.1. The highest BCUT2D eigenvalue weighted by Gasteiger charge is 2.22. The number of carbonyl (C=O) groups is 1. The average Bonchev–Trinajstić information content (AvgIpc) is 2.77. The average molecular weight is 304 g/mol. The van der Waals surface area contributed by atoms with Gasteiger partial charge in [-0.25, -0.2) is 4.98 Å². The summed E-state index contributed by atoms with van der Waals surface area (Å²) < 4.78 is 2.13. The summed E-state index contributed by atoms with van der Waals surface area (Å²) >= 11 is 6.15. The van der Waals surface area contributed by atoms with E-state index >= 15 is 0 Å². The molecule has 0 fully saturated rings. The van der Waals surface area contributed by atoms with E-state index < -0.39 is 0 Å². The standard InChI is InChI=1S/C16H18ClN3O/c1-10-3-5-13(14(17)7-10)16(21)19-12-4-6-15-18-11(2)8-20(15)9-12/h3,5,7-8,12H,4,6,9H2,1-2H3,(H,19,21)/t12-/m0/s1. The number of aryl methyl sites for hydroxylation is 3. The van der Waals surface area contributed by atoms with Gasteiger partial charge in [-0.05, 0) is 38.0 Å². The molecule has 1 N–H and O–H groups in total. The van der Waals surface area contributed by atoms with Gasteiger partial charge >= 0.3 is 0 Å². The molecule has 1 aromatic carbocycles. The second kappa shape index (κ2) is 5.53. The van der Waals surface area contributed by atoms with Crippen molar-refractivity contribution in [2.45, 2.75) is 39.3 Å². The van der Waals surface area contributed by atoms with E-state index in [9.17, 15) is 4.79 Å². The Hall–Kier alpha value is -1.81. The molecule has 1 atom stereocenters. The SMILES string of the molecule is Cc1ccc(C(=O)N[C@H]2CCc3nc(C)cn3C2)c(Cl)c1. The van der Waals surface area contributed by atoms with Crippen molar-refractivity contribution in [3.63, 3.8) is 0 Å². The van der Waals surface area contributed by atoms with Crippen molar-refractivity contribution in [1.29, 1.82) is 0 Å². The fraction of sp³-hybridized carbons (Fsp3) is 0.375. The number of benzene rings is 1. The minimum atomic E-state index is -0.106. The van der Waals surface area contributed by atoms with E-state index in [1.165, 1.54) is 0 Å². The molecule has 2 aromatic rings. The lowest BCUT2D eigenvalue weighted by Gasteiger charge is -2.24. The highest BCUT2D eigenvalue weighted by molar-refractivity contribution is 6.33. The first-order valence-electron chi connectivity index (χ1n) is 7.12. The Kier molecular flexibility index (Phi) is 3.72. The lowest BCUT2D eigenvalue weighted by Crippen LogP contribution is -2.41. The monoisotopic (exact) mass is 303 g/mol. The van der Waals surface area contributed by atoms with Gasteiger partial charge in [-0.15, -0.1) is 0 Å². The Morgan fingerprint density at radius 1 is 1.43 bits per heavy atom. The van der Waals surface area contributed by atoms with Gasteiger partial charge in [0.05, 0.1) is 16.3 Å². The van der Waals surface area contributed by atoms with Gasteiger partial charge in [-0.2, -0.15) is 0 Å². The number of halogens is 1. The zero-order valence-electron chi connectivity index (χ0n) is 12.2. The predicted octanol–water partition coefficient (Wildman–Crippen LogP) is 2.90. The Labute approximate surface area is 129 Å².